The summed E-state index contributed by atoms with van der Waals surface area (Å²) in [5, 5.41) is 25.5. The smallest absolute Gasteiger partial charge is 0.283 e. The number of nitrogens with one attached hydrogen (secondary N) is 3. The maximum Gasteiger partial charge on any atom is 0.283 e. The zero-order valence-corrected chi connectivity index (χ0v) is 24.8. The molecule has 2 amide bonds. The highest BCUT2D eigenvalue weighted by Crippen LogP contribution is 2.28. The molecule has 5 N–H and O–H groups in total. The number of fused-ring (bicyclic) bond motifs is 2. The Morgan fingerprint density at radius 3 is 2.72 bits per heavy atom. The van der Waals surface area contributed by atoms with Gasteiger partial charge in [-0.3, -0.25) is 15.0 Å². The number of hydrogen-bond acceptors (Lipinski definition) is 11. The second-order valence-corrected chi connectivity index (χ2v) is 13.5. The number of aromatic nitrogens is 5. The minimum absolute atomic E-state index is 0.00192. The molecule has 2 aromatic carbocycles. The van der Waals surface area contributed by atoms with E-state index in [2.05, 4.69) is 35.8 Å². The van der Waals surface area contributed by atoms with Gasteiger partial charge >= 0.3 is 0 Å². The van der Waals surface area contributed by atoms with Crippen molar-refractivity contribution in [3.63, 3.8) is 0 Å². The quantitative estimate of drug-likeness (QED) is 0.159. The lowest BCUT2D eigenvalue weighted by Gasteiger charge is -2.39. The standard InChI is InChI=1S/C26H29N11O4S2/c1-35-7-6-19-21(14-35)42-25(30-19)26(39)37-9-8-36(13-20(37)24(38)29-12-22-31-33-34-32-22)43(40,41)18-5-4-15-10-17(23(27)28)3-2-16(15)11-18/h2-5,10-11,20H,6-9,12-14H2,1H3,(H3,27,28)(H,29,38)(H,31,32,33,34). The number of carbonyl (C=O) groups excluding carboxylic acids is 2. The number of nitrogens with zero attached hydrogens (tertiary/aromatic N) is 7. The van der Waals surface area contributed by atoms with Crippen LogP contribution in [0.1, 0.15) is 31.8 Å². The first-order valence-electron chi connectivity index (χ1n) is 13.5. The van der Waals surface area contributed by atoms with Gasteiger partial charge in [-0.25, -0.2) is 13.4 Å². The number of H-pyrrole nitrogens is 1. The fourth-order valence-corrected chi connectivity index (χ4v) is 7.84. The molecule has 6 rings (SSSR count). The molecule has 2 aromatic heterocycles. The van der Waals surface area contributed by atoms with Crippen molar-refractivity contribution in [1.29, 1.82) is 5.41 Å². The molecule has 224 valence electrons. The molecule has 4 heterocycles. The summed E-state index contributed by atoms with van der Waals surface area (Å²) in [5.74, 6) is -0.799. The van der Waals surface area contributed by atoms with Crippen LogP contribution in [0.5, 0.6) is 0 Å². The van der Waals surface area contributed by atoms with Crippen molar-refractivity contribution in [1.82, 2.24) is 45.0 Å². The summed E-state index contributed by atoms with van der Waals surface area (Å²) in [6.45, 7) is 1.24. The third-order valence-electron chi connectivity index (χ3n) is 7.58. The van der Waals surface area contributed by atoms with E-state index in [0.717, 1.165) is 28.9 Å². The van der Waals surface area contributed by atoms with Crippen LogP contribution in [0.2, 0.25) is 0 Å². The largest absolute Gasteiger partial charge is 0.384 e. The fourth-order valence-electron chi connectivity index (χ4n) is 5.22. The van der Waals surface area contributed by atoms with Gasteiger partial charge in [0.05, 0.1) is 17.1 Å². The number of benzene rings is 2. The highest BCUT2D eigenvalue weighted by atomic mass is 32.2. The topological polar surface area (TPSA) is 207 Å². The molecule has 0 aliphatic carbocycles. The lowest BCUT2D eigenvalue weighted by atomic mass is 10.1. The van der Waals surface area contributed by atoms with E-state index in [1.165, 1.54) is 26.6 Å². The molecule has 15 nitrogen and oxygen atoms in total. The molecule has 0 bridgehead atoms. The number of nitrogen functional groups attached to an aromatic ring is 1. The Kier molecular flexibility index (Phi) is 7.63. The Balaban J connectivity index is 1.27. The summed E-state index contributed by atoms with van der Waals surface area (Å²) in [7, 11) is -2.03. The average Bonchev–Trinajstić information content (AvgIpc) is 3.68. The number of sulfonamides is 1. The van der Waals surface area contributed by atoms with Gasteiger partial charge in [0, 0.05) is 49.6 Å². The number of carbonyl (C=O) groups is 2. The number of aromatic amines is 1. The molecule has 2 aliphatic heterocycles. The van der Waals surface area contributed by atoms with Crippen LogP contribution < -0.4 is 11.1 Å². The van der Waals surface area contributed by atoms with Gasteiger partial charge in [0.2, 0.25) is 15.9 Å². The van der Waals surface area contributed by atoms with E-state index in [0.29, 0.717) is 17.5 Å². The summed E-state index contributed by atoms with van der Waals surface area (Å²) in [6, 6.07) is 8.66. The maximum absolute atomic E-state index is 13.8. The zero-order chi connectivity index (χ0) is 30.3. The average molecular weight is 624 g/mol. The summed E-state index contributed by atoms with van der Waals surface area (Å²) >= 11 is 1.31. The van der Waals surface area contributed by atoms with Gasteiger partial charge in [0.15, 0.2) is 10.8 Å². The molecule has 4 aromatic rings. The van der Waals surface area contributed by atoms with E-state index in [4.69, 9.17) is 11.1 Å². The molecule has 43 heavy (non-hydrogen) atoms. The molecular formula is C26H29N11O4S2. The fraction of sp³-hybridized carbons (Fsp3) is 0.346. The van der Waals surface area contributed by atoms with E-state index in [-0.39, 0.29) is 47.7 Å². The first-order valence-corrected chi connectivity index (χ1v) is 15.7. The lowest BCUT2D eigenvalue weighted by Crippen LogP contribution is -2.61. The number of nitrogens with two attached hydrogens (primary N) is 1. The van der Waals surface area contributed by atoms with Crippen molar-refractivity contribution in [2.75, 3.05) is 33.2 Å². The normalized spacial score (nSPS) is 18.0. The minimum Gasteiger partial charge on any atom is -0.384 e. The van der Waals surface area contributed by atoms with Crippen LogP contribution in [-0.4, -0.2) is 105 Å². The van der Waals surface area contributed by atoms with E-state index in [9.17, 15) is 18.0 Å². The monoisotopic (exact) mass is 623 g/mol. The van der Waals surface area contributed by atoms with Crippen LogP contribution in [0.25, 0.3) is 10.8 Å². The van der Waals surface area contributed by atoms with Gasteiger partial charge in [0.25, 0.3) is 5.91 Å². The molecule has 0 saturated carbocycles. The Hall–Kier alpha value is -4.32. The number of tetrazole rings is 1. The molecule has 2 aliphatic rings. The summed E-state index contributed by atoms with van der Waals surface area (Å²) in [5.41, 5.74) is 7.01. The van der Waals surface area contributed by atoms with E-state index in [1.807, 2.05) is 7.05 Å². The SMILES string of the molecule is CN1CCc2nc(C(=O)N3CCN(S(=O)(=O)c4ccc5cc(C(=N)N)ccc5c4)CC3C(=O)NCc3nn[nH]n3)sc2C1. The highest BCUT2D eigenvalue weighted by Gasteiger charge is 2.41. The number of rotatable bonds is 7. The predicted octanol–water partition coefficient (Wildman–Crippen LogP) is -0.0869. The number of amidine groups is 1. The molecule has 1 atom stereocenters. The number of amides is 2. The Bertz CT molecular complexity index is 1820. The predicted molar refractivity (Wildman–Crippen MR) is 157 cm³/mol. The number of thiazole rings is 1. The third kappa shape index (κ3) is 5.71. The van der Waals surface area contributed by atoms with Crippen LogP contribution in [0.3, 0.4) is 0 Å². The summed E-state index contributed by atoms with van der Waals surface area (Å²) in [4.78, 5) is 36.4. The molecule has 1 fully saturated rings. The van der Waals surface area contributed by atoms with Gasteiger partial charge in [-0.2, -0.15) is 9.52 Å². The third-order valence-corrected chi connectivity index (χ3v) is 10.5. The number of piperazine rings is 1. The summed E-state index contributed by atoms with van der Waals surface area (Å²) in [6.07, 6.45) is 0.734. The van der Waals surface area contributed by atoms with E-state index in [1.54, 1.807) is 30.3 Å². The van der Waals surface area contributed by atoms with Crippen molar-refractivity contribution in [3.05, 3.63) is 63.4 Å². The molecule has 1 saturated heterocycles. The lowest BCUT2D eigenvalue weighted by molar-refractivity contribution is -0.127. The van der Waals surface area contributed by atoms with Gasteiger partial charge in [0.1, 0.15) is 11.9 Å². The van der Waals surface area contributed by atoms with Gasteiger partial charge < -0.3 is 20.9 Å². The molecular weight excluding hydrogens is 594 g/mol. The van der Waals surface area contributed by atoms with Crippen LogP contribution in [0.15, 0.2) is 41.3 Å². The second kappa shape index (κ2) is 11.4. The van der Waals surface area contributed by atoms with Crippen LogP contribution >= 0.6 is 11.3 Å². The first kappa shape index (κ1) is 28.8. The number of likely N-dealkylation sites (N-methyl/N-ethyl adjacent to an activating group) is 1. The first-order chi connectivity index (χ1) is 20.6. The van der Waals surface area contributed by atoms with Gasteiger partial charge in [-0.1, -0.05) is 23.4 Å². The molecule has 17 heteroatoms. The second-order valence-electron chi connectivity index (χ2n) is 10.4. The molecule has 0 spiro atoms. The Labute approximate surface area is 250 Å². The van der Waals surface area contributed by atoms with Crippen molar-refractivity contribution in [2.24, 2.45) is 5.73 Å². The van der Waals surface area contributed by atoms with E-state index >= 15 is 0 Å². The van der Waals surface area contributed by atoms with E-state index < -0.39 is 27.9 Å². The molecule has 1 unspecified atom stereocenters. The van der Waals surface area contributed by atoms with Gasteiger partial charge in [-0.15, -0.1) is 21.5 Å². The Morgan fingerprint density at radius 2 is 1.95 bits per heavy atom. The maximum atomic E-state index is 13.8. The van der Waals surface area contributed by atoms with Crippen molar-refractivity contribution < 1.29 is 18.0 Å². The minimum atomic E-state index is -4.04. The highest BCUT2D eigenvalue weighted by molar-refractivity contribution is 7.89. The van der Waals surface area contributed by atoms with Gasteiger partial charge in [-0.05, 0) is 36.0 Å². The summed E-state index contributed by atoms with van der Waals surface area (Å²) < 4.78 is 28.9. The van der Waals surface area contributed by atoms with Crippen molar-refractivity contribution >= 4 is 49.8 Å². The van der Waals surface area contributed by atoms with Crippen LogP contribution in [0.4, 0.5) is 0 Å². The molecule has 0 radical (unpaired) electrons. The zero-order valence-electron chi connectivity index (χ0n) is 23.1. The van der Waals surface area contributed by atoms with Crippen LogP contribution in [0, 0.1) is 5.41 Å². The number of hydrogen-bond donors (Lipinski definition) is 4. The van der Waals surface area contributed by atoms with Crippen molar-refractivity contribution in [3.8, 4) is 0 Å². The van der Waals surface area contributed by atoms with Crippen LogP contribution in [-0.2, 0) is 34.3 Å². The van der Waals surface area contributed by atoms with Crippen molar-refractivity contribution in [2.45, 2.75) is 30.4 Å². The Morgan fingerprint density at radius 1 is 1.16 bits per heavy atom.